The third-order valence-electron chi connectivity index (χ3n) is 3.17. The van der Waals surface area contributed by atoms with Crippen molar-refractivity contribution in [3.05, 3.63) is 68.5 Å². The van der Waals surface area contributed by atoms with Crippen molar-refractivity contribution in [3.63, 3.8) is 0 Å². The second kappa shape index (κ2) is 8.02. The molecule has 1 unspecified atom stereocenters. The van der Waals surface area contributed by atoms with Crippen molar-refractivity contribution in [1.82, 2.24) is 0 Å². The van der Waals surface area contributed by atoms with Crippen LogP contribution in [0.25, 0.3) is 0 Å². The van der Waals surface area contributed by atoms with Gasteiger partial charge in [-0.05, 0) is 30.3 Å². The van der Waals surface area contributed by atoms with E-state index in [0.29, 0.717) is 5.75 Å². The summed E-state index contributed by atoms with van der Waals surface area (Å²) in [7, 11) is 0. The van der Waals surface area contributed by atoms with Crippen LogP contribution in [-0.4, -0.2) is 34.2 Å². The van der Waals surface area contributed by atoms with Gasteiger partial charge in [-0.3, -0.25) is 20.2 Å². The van der Waals surface area contributed by atoms with Crippen LogP contribution in [0.4, 0.5) is 21.5 Å². The first-order chi connectivity index (χ1) is 11.9. The van der Waals surface area contributed by atoms with Gasteiger partial charge in [-0.25, -0.2) is 4.39 Å². The SMILES string of the molecule is O=[N+]([O-])c1ccc(NCC(O)COc2ccc(F)cc2)c([N+](=O)[O-])c1. The first-order valence-corrected chi connectivity index (χ1v) is 7.10. The Bertz CT molecular complexity index is 768. The molecule has 2 aromatic carbocycles. The minimum atomic E-state index is -1.01. The van der Waals surface area contributed by atoms with Gasteiger partial charge in [0.25, 0.3) is 11.4 Å². The minimum Gasteiger partial charge on any atom is -0.491 e. The number of hydrogen-bond acceptors (Lipinski definition) is 7. The highest BCUT2D eigenvalue weighted by Crippen LogP contribution is 2.28. The average Bonchev–Trinajstić information content (AvgIpc) is 2.59. The number of aliphatic hydroxyl groups is 1. The zero-order valence-electron chi connectivity index (χ0n) is 12.8. The maximum atomic E-state index is 12.8. The van der Waals surface area contributed by atoms with Crippen LogP contribution in [-0.2, 0) is 0 Å². The smallest absolute Gasteiger partial charge is 0.299 e. The van der Waals surface area contributed by atoms with Gasteiger partial charge in [-0.15, -0.1) is 0 Å². The second-order valence-electron chi connectivity index (χ2n) is 5.02. The first-order valence-electron chi connectivity index (χ1n) is 7.10. The Morgan fingerprint density at radius 3 is 2.40 bits per heavy atom. The third kappa shape index (κ3) is 5.11. The molecule has 2 rings (SSSR count). The van der Waals surface area contributed by atoms with E-state index in [1.54, 1.807) is 0 Å². The van der Waals surface area contributed by atoms with E-state index in [1.165, 1.54) is 30.3 Å². The maximum absolute atomic E-state index is 12.8. The van der Waals surface area contributed by atoms with Gasteiger partial charge < -0.3 is 15.2 Å². The molecule has 0 aliphatic rings. The molecule has 0 saturated heterocycles. The highest BCUT2D eigenvalue weighted by atomic mass is 19.1. The fourth-order valence-corrected chi connectivity index (χ4v) is 1.94. The van der Waals surface area contributed by atoms with Gasteiger partial charge in [0.1, 0.15) is 30.0 Å². The predicted octanol–water partition coefficient (Wildman–Crippen LogP) is 2.49. The van der Waals surface area contributed by atoms with Crippen LogP contribution >= 0.6 is 0 Å². The number of benzene rings is 2. The van der Waals surface area contributed by atoms with Crippen molar-refractivity contribution in [2.24, 2.45) is 0 Å². The monoisotopic (exact) mass is 351 g/mol. The average molecular weight is 351 g/mol. The lowest BCUT2D eigenvalue weighted by Gasteiger charge is -2.14. The fourth-order valence-electron chi connectivity index (χ4n) is 1.94. The summed E-state index contributed by atoms with van der Waals surface area (Å²) < 4.78 is 18.0. The number of aliphatic hydroxyl groups excluding tert-OH is 1. The molecule has 10 heteroatoms. The van der Waals surface area contributed by atoms with Crippen molar-refractivity contribution in [3.8, 4) is 5.75 Å². The van der Waals surface area contributed by atoms with E-state index in [9.17, 15) is 29.7 Å². The number of ether oxygens (including phenoxy) is 1. The summed E-state index contributed by atoms with van der Waals surface area (Å²) in [5.74, 6) is -0.0539. The molecule has 0 saturated carbocycles. The number of rotatable bonds is 8. The predicted molar refractivity (Wildman–Crippen MR) is 86.1 cm³/mol. The summed E-state index contributed by atoms with van der Waals surface area (Å²) in [5.41, 5.74) is -0.838. The van der Waals surface area contributed by atoms with Gasteiger partial charge in [0.05, 0.1) is 15.9 Å². The number of nitro groups is 2. The van der Waals surface area contributed by atoms with Gasteiger partial charge in [0, 0.05) is 12.6 Å². The zero-order valence-corrected chi connectivity index (χ0v) is 12.8. The number of halogens is 1. The number of hydrogen-bond donors (Lipinski definition) is 2. The van der Waals surface area contributed by atoms with Crippen LogP contribution in [0.5, 0.6) is 5.75 Å². The van der Waals surface area contributed by atoms with Crippen molar-refractivity contribution < 1.29 is 24.1 Å². The van der Waals surface area contributed by atoms with Crippen molar-refractivity contribution in [2.45, 2.75) is 6.10 Å². The van der Waals surface area contributed by atoms with Crippen molar-refractivity contribution in [1.29, 1.82) is 0 Å². The number of non-ortho nitro benzene ring substituents is 1. The number of anilines is 1. The summed E-state index contributed by atoms with van der Waals surface area (Å²) in [6.45, 7) is -0.209. The van der Waals surface area contributed by atoms with E-state index in [0.717, 1.165) is 12.1 Å². The second-order valence-corrected chi connectivity index (χ2v) is 5.02. The van der Waals surface area contributed by atoms with Gasteiger partial charge in [-0.1, -0.05) is 0 Å². The quantitative estimate of drug-likeness (QED) is 0.552. The molecular weight excluding hydrogens is 337 g/mol. The van der Waals surface area contributed by atoms with Gasteiger partial charge in [0.2, 0.25) is 0 Å². The maximum Gasteiger partial charge on any atom is 0.299 e. The molecular formula is C15H14FN3O6. The van der Waals surface area contributed by atoms with Crippen LogP contribution < -0.4 is 10.1 Å². The van der Waals surface area contributed by atoms with Crippen molar-refractivity contribution in [2.75, 3.05) is 18.5 Å². The highest BCUT2D eigenvalue weighted by molar-refractivity contribution is 5.65. The molecule has 0 bridgehead atoms. The van der Waals surface area contributed by atoms with Crippen molar-refractivity contribution >= 4 is 17.1 Å². The molecule has 25 heavy (non-hydrogen) atoms. The standard InChI is InChI=1S/C15H14FN3O6/c16-10-1-4-13(5-2-10)25-9-12(20)8-17-14-6-3-11(18(21)22)7-15(14)19(23)24/h1-7,12,17,20H,8-9H2. The number of nitrogens with one attached hydrogen (secondary N) is 1. The number of nitro benzene ring substituents is 2. The molecule has 1 atom stereocenters. The Kier molecular flexibility index (Phi) is 5.79. The molecule has 0 amide bonds. The van der Waals surface area contributed by atoms with E-state index >= 15 is 0 Å². The van der Waals surface area contributed by atoms with Gasteiger partial charge in [0.15, 0.2) is 0 Å². The Balaban J connectivity index is 1.94. The lowest BCUT2D eigenvalue weighted by Crippen LogP contribution is -2.26. The van der Waals surface area contributed by atoms with Crippen LogP contribution in [0, 0.1) is 26.0 Å². The molecule has 9 nitrogen and oxygen atoms in total. The molecule has 0 aliphatic carbocycles. The van der Waals surface area contributed by atoms with Gasteiger partial charge >= 0.3 is 0 Å². The Morgan fingerprint density at radius 2 is 1.80 bits per heavy atom. The fraction of sp³-hybridized carbons (Fsp3) is 0.200. The van der Waals surface area contributed by atoms with Gasteiger partial charge in [-0.2, -0.15) is 0 Å². The zero-order chi connectivity index (χ0) is 18.4. The van der Waals surface area contributed by atoms with Crippen LogP contribution in [0.15, 0.2) is 42.5 Å². The first kappa shape index (κ1) is 18.1. The molecule has 2 N–H and O–H groups in total. The molecule has 132 valence electrons. The van der Waals surface area contributed by atoms with E-state index in [4.69, 9.17) is 4.74 Å². The molecule has 0 fully saturated rings. The molecule has 0 aliphatic heterocycles. The summed E-state index contributed by atoms with van der Waals surface area (Å²) >= 11 is 0. The Morgan fingerprint density at radius 1 is 1.12 bits per heavy atom. The minimum absolute atomic E-state index is 0.0384. The van der Waals surface area contributed by atoms with E-state index in [1.807, 2.05) is 0 Å². The van der Waals surface area contributed by atoms with E-state index < -0.39 is 33.1 Å². The lowest BCUT2D eigenvalue weighted by atomic mass is 10.2. The molecule has 0 radical (unpaired) electrons. The third-order valence-corrected chi connectivity index (χ3v) is 3.17. The van der Waals surface area contributed by atoms with E-state index in [2.05, 4.69) is 5.32 Å². The molecule has 0 spiro atoms. The van der Waals surface area contributed by atoms with Crippen LogP contribution in [0.1, 0.15) is 0 Å². The summed E-state index contributed by atoms with van der Waals surface area (Å²) in [6, 6.07) is 8.37. The molecule has 0 aromatic heterocycles. The van der Waals surface area contributed by atoms with E-state index in [-0.39, 0.29) is 18.8 Å². The van der Waals surface area contributed by atoms with Crippen LogP contribution in [0.2, 0.25) is 0 Å². The normalized spacial score (nSPS) is 11.6. The summed E-state index contributed by atoms with van der Waals surface area (Å²) in [6.07, 6.45) is -1.01. The Hall–Kier alpha value is -3.27. The number of nitrogens with zero attached hydrogens (tertiary/aromatic N) is 2. The summed E-state index contributed by atoms with van der Waals surface area (Å²) in [4.78, 5) is 20.2. The lowest BCUT2D eigenvalue weighted by molar-refractivity contribution is -0.393. The molecule has 0 heterocycles. The summed E-state index contributed by atoms with van der Waals surface area (Å²) in [5, 5.41) is 34.2. The topological polar surface area (TPSA) is 128 Å². The Labute approximate surface area is 141 Å². The van der Waals surface area contributed by atoms with Crippen LogP contribution in [0.3, 0.4) is 0 Å². The largest absolute Gasteiger partial charge is 0.491 e. The molecule has 2 aromatic rings. The highest BCUT2D eigenvalue weighted by Gasteiger charge is 2.19.